The number of aliphatic carboxylic acids is 1. The van der Waals surface area contributed by atoms with Gasteiger partial charge in [0.05, 0.1) is 6.54 Å². The fourth-order valence-corrected chi connectivity index (χ4v) is 1.07. The van der Waals surface area contributed by atoms with Gasteiger partial charge in [-0.3, -0.25) is 9.69 Å². The molecular formula is C10H19NO2. The Kier molecular flexibility index (Phi) is 6.24. The van der Waals surface area contributed by atoms with Gasteiger partial charge in [-0.1, -0.05) is 19.1 Å². The molecular weight excluding hydrogens is 166 g/mol. The van der Waals surface area contributed by atoms with Gasteiger partial charge in [0, 0.05) is 12.6 Å². The van der Waals surface area contributed by atoms with Crippen molar-refractivity contribution in [3.05, 3.63) is 12.2 Å². The highest BCUT2D eigenvalue weighted by Gasteiger charge is 2.13. The molecule has 0 aliphatic heterocycles. The molecule has 0 saturated heterocycles. The van der Waals surface area contributed by atoms with Crippen LogP contribution in [0.5, 0.6) is 0 Å². The molecule has 0 aromatic carbocycles. The Hall–Kier alpha value is -0.830. The van der Waals surface area contributed by atoms with Crippen molar-refractivity contribution in [1.29, 1.82) is 0 Å². The van der Waals surface area contributed by atoms with Crippen molar-refractivity contribution in [2.45, 2.75) is 33.2 Å². The first-order valence-corrected chi connectivity index (χ1v) is 4.68. The standard InChI is InChI=1S/C10H19NO2/c1-4-6-7-11(8-10(12)13)9(3)5-2/h4,6,9H,5,7-8H2,1-3H3,(H,12,13)/b6-4+. The maximum Gasteiger partial charge on any atom is 0.317 e. The van der Waals surface area contributed by atoms with Crippen LogP contribution in [0.4, 0.5) is 0 Å². The van der Waals surface area contributed by atoms with Crippen molar-refractivity contribution in [3.63, 3.8) is 0 Å². The van der Waals surface area contributed by atoms with Gasteiger partial charge < -0.3 is 5.11 Å². The first-order chi connectivity index (χ1) is 6.11. The van der Waals surface area contributed by atoms with Crippen LogP contribution in [0.2, 0.25) is 0 Å². The fraction of sp³-hybridized carbons (Fsp3) is 0.700. The normalized spacial score (nSPS) is 13.8. The highest BCUT2D eigenvalue weighted by molar-refractivity contribution is 5.69. The van der Waals surface area contributed by atoms with E-state index in [1.807, 2.05) is 30.9 Å². The Morgan fingerprint density at radius 2 is 2.23 bits per heavy atom. The van der Waals surface area contributed by atoms with E-state index in [0.717, 1.165) is 13.0 Å². The van der Waals surface area contributed by atoms with E-state index in [2.05, 4.69) is 6.92 Å². The van der Waals surface area contributed by atoms with Crippen molar-refractivity contribution >= 4 is 5.97 Å². The van der Waals surface area contributed by atoms with Crippen LogP contribution in [0.1, 0.15) is 27.2 Å². The van der Waals surface area contributed by atoms with Gasteiger partial charge in [-0.25, -0.2) is 0 Å². The van der Waals surface area contributed by atoms with Gasteiger partial charge in [0.15, 0.2) is 0 Å². The van der Waals surface area contributed by atoms with E-state index in [1.165, 1.54) is 0 Å². The van der Waals surface area contributed by atoms with Gasteiger partial charge >= 0.3 is 5.97 Å². The zero-order valence-corrected chi connectivity index (χ0v) is 8.66. The van der Waals surface area contributed by atoms with Crippen LogP contribution in [0.3, 0.4) is 0 Å². The van der Waals surface area contributed by atoms with Crippen LogP contribution in [-0.2, 0) is 4.79 Å². The summed E-state index contributed by atoms with van der Waals surface area (Å²) in [5.74, 6) is -0.759. The van der Waals surface area contributed by atoms with Crippen molar-refractivity contribution in [3.8, 4) is 0 Å². The molecule has 1 N–H and O–H groups in total. The van der Waals surface area contributed by atoms with Crippen LogP contribution in [0.25, 0.3) is 0 Å². The zero-order valence-electron chi connectivity index (χ0n) is 8.66. The summed E-state index contributed by atoms with van der Waals surface area (Å²) in [6, 6.07) is 0.326. The minimum Gasteiger partial charge on any atom is -0.480 e. The molecule has 0 aliphatic carbocycles. The smallest absolute Gasteiger partial charge is 0.317 e. The van der Waals surface area contributed by atoms with Crippen molar-refractivity contribution in [2.75, 3.05) is 13.1 Å². The van der Waals surface area contributed by atoms with Gasteiger partial charge in [0.2, 0.25) is 0 Å². The molecule has 0 spiro atoms. The second-order valence-electron chi connectivity index (χ2n) is 3.15. The minimum absolute atomic E-state index is 0.124. The van der Waals surface area contributed by atoms with E-state index in [0.29, 0.717) is 6.04 Å². The third-order valence-electron chi connectivity index (χ3n) is 2.13. The molecule has 13 heavy (non-hydrogen) atoms. The largest absolute Gasteiger partial charge is 0.480 e. The Morgan fingerprint density at radius 1 is 1.62 bits per heavy atom. The molecule has 1 atom stereocenters. The van der Waals surface area contributed by atoms with Crippen molar-refractivity contribution < 1.29 is 9.90 Å². The average Bonchev–Trinajstić information content (AvgIpc) is 2.10. The molecule has 76 valence electrons. The third kappa shape index (κ3) is 5.42. The number of hydrogen-bond acceptors (Lipinski definition) is 2. The molecule has 1 unspecified atom stereocenters. The Bertz CT molecular complexity index is 178. The van der Waals surface area contributed by atoms with E-state index >= 15 is 0 Å². The Labute approximate surface area is 80.0 Å². The predicted octanol–water partition coefficient (Wildman–Crippen LogP) is 1.75. The van der Waals surface area contributed by atoms with Crippen molar-refractivity contribution in [2.24, 2.45) is 0 Å². The number of rotatable bonds is 6. The van der Waals surface area contributed by atoms with E-state index in [4.69, 9.17) is 5.11 Å². The zero-order chi connectivity index (χ0) is 10.3. The molecule has 0 aromatic rings. The highest BCUT2D eigenvalue weighted by atomic mass is 16.4. The molecule has 0 heterocycles. The second kappa shape index (κ2) is 6.66. The van der Waals surface area contributed by atoms with E-state index < -0.39 is 5.97 Å². The number of allylic oxidation sites excluding steroid dienone is 1. The van der Waals surface area contributed by atoms with Crippen LogP contribution in [0.15, 0.2) is 12.2 Å². The lowest BCUT2D eigenvalue weighted by atomic mass is 10.2. The van der Waals surface area contributed by atoms with Gasteiger partial charge in [-0.2, -0.15) is 0 Å². The van der Waals surface area contributed by atoms with Crippen molar-refractivity contribution in [1.82, 2.24) is 4.90 Å². The fourth-order valence-electron chi connectivity index (χ4n) is 1.07. The number of nitrogens with zero attached hydrogens (tertiary/aromatic N) is 1. The first kappa shape index (κ1) is 12.2. The molecule has 0 rings (SSSR count). The van der Waals surface area contributed by atoms with Gasteiger partial charge in [0.25, 0.3) is 0 Å². The maximum absolute atomic E-state index is 10.5. The Morgan fingerprint density at radius 3 is 2.62 bits per heavy atom. The summed E-state index contributed by atoms with van der Waals surface area (Å²) in [5.41, 5.74) is 0. The summed E-state index contributed by atoms with van der Waals surface area (Å²) < 4.78 is 0. The lowest BCUT2D eigenvalue weighted by molar-refractivity contribution is -0.138. The summed E-state index contributed by atoms with van der Waals surface area (Å²) in [4.78, 5) is 12.5. The van der Waals surface area contributed by atoms with Crippen LogP contribution in [-0.4, -0.2) is 35.1 Å². The molecule has 0 radical (unpaired) electrons. The second-order valence-corrected chi connectivity index (χ2v) is 3.15. The number of hydrogen-bond donors (Lipinski definition) is 1. The first-order valence-electron chi connectivity index (χ1n) is 4.68. The minimum atomic E-state index is -0.759. The SMILES string of the molecule is C/C=C/CN(CC(=O)O)C(C)CC. The number of carboxylic acids is 1. The number of carbonyl (C=O) groups is 1. The molecule has 0 amide bonds. The Balaban J connectivity index is 4.09. The molecule has 0 bridgehead atoms. The van der Waals surface area contributed by atoms with E-state index in [9.17, 15) is 4.79 Å². The monoisotopic (exact) mass is 185 g/mol. The van der Waals surface area contributed by atoms with Gasteiger partial charge in [-0.05, 0) is 20.3 Å². The molecule has 3 nitrogen and oxygen atoms in total. The highest BCUT2D eigenvalue weighted by Crippen LogP contribution is 2.02. The van der Waals surface area contributed by atoms with E-state index in [1.54, 1.807) is 0 Å². The summed E-state index contributed by atoms with van der Waals surface area (Å²) in [6.07, 6.45) is 4.90. The molecule has 3 heteroatoms. The topological polar surface area (TPSA) is 40.5 Å². The summed E-state index contributed by atoms with van der Waals surface area (Å²) in [7, 11) is 0. The lowest BCUT2D eigenvalue weighted by Crippen LogP contribution is -2.37. The summed E-state index contributed by atoms with van der Waals surface area (Å²) in [5, 5.41) is 8.66. The lowest BCUT2D eigenvalue weighted by Gasteiger charge is -2.24. The summed E-state index contributed by atoms with van der Waals surface area (Å²) >= 11 is 0. The van der Waals surface area contributed by atoms with Crippen LogP contribution in [0, 0.1) is 0 Å². The third-order valence-corrected chi connectivity index (χ3v) is 2.13. The van der Waals surface area contributed by atoms with Gasteiger partial charge in [-0.15, -0.1) is 0 Å². The molecule has 0 aromatic heterocycles. The number of carboxylic acid groups (broad SMARTS) is 1. The molecule has 0 saturated carbocycles. The average molecular weight is 185 g/mol. The summed E-state index contributed by atoms with van der Waals surface area (Å²) in [6.45, 7) is 6.90. The maximum atomic E-state index is 10.5. The molecule has 0 fully saturated rings. The van der Waals surface area contributed by atoms with Gasteiger partial charge in [0.1, 0.15) is 0 Å². The predicted molar refractivity (Wildman–Crippen MR) is 53.8 cm³/mol. The molecule has 0 aliphatic rings. The van der Waals surface area contributed by atoms with Crippen LogP contribution >= 0.6 is 0 Å². The quantitative estimate of drug-likeness (QED) is 0.641. The van der Waals surface area contributed by atoms with Crippen LogP contribution < -0.4 is 0 Å². The van der Waals surface area contributed by atoms with E-state index in [-0.39, 0.29) is 6.54 Å².